The molecular formula is C16H13Cl2NO3. The zero-order valence-corrected chi connectivity index (χ0v) is 13.5. The van der Waals surface area contributed by atoms with E-state index in [1.807, 2.05) is 0 Å². The fourth-order valence-electron chi connectivity index (χ4n) is 2.01. The summed E-state index contributed by atoms with van der Waals surface area (Å²) in [4.78, 5) is 23.8. The molecule has 0 unspecified atom stereocenters. The Hall–Kier alpha value is -2.04. The molecule has 2 aromatic carbocycles. The normalized spacial score (nSPS) is 10.4. The van der Waals surface area contributed by atoms with Gasteiger partial charge in [-0.15, -0.1) is 0 Å². The van der Waals surface area contributed by atoms with E-state index in [0.717, 1.165) is 5.56 Å². The smallest absolute Gasteiger partial charge is 0.308 e. The SMILES string of the molecule is CC(=O)Oc1cc(C)cc(C(=O)c2ccc(Cl)cc2Cl)c1N. The zero-order valence-electron chi connectivity index (χ0n) is 11.9. The van der Waals surface area contributed by atoms with E-state index in [4.69, 9.17) is 33.7 Å². The Morgan fingerprint density at radius 2 is 1.77 bits per heavy atom. The molecule has 0 radical (unpaired) electrons. The van der Waals surface area contributed by atoms with Crippen molar-refractivity contribution in [2.75, 3.05) is 5.73 Å². The molecule has 0 saturated carbocycles. The number of nitrogen functional groups attached to an aromatic ring is 1. The minimum absolute atomic E-state index is 0.0943. The third kappa shape index (κ3) is 3.40. The Kier molecular flexibility index (Phi) is 4.74. The van der Waals surface area contributed by atoms with E-state index in [1.165, 1.54) is 19.1 Å². The van der Waals surface area contributed by atoms with Gasteiger partial charge in [0.05, 0.1) is 10.7 Å². The number of anilines is 1. The first-order valence-corrected chi connectivity index (χ1v) is 7.13. The molecule has 0 amide bonds. The van der Waals surface area contributed by atoms with E-state index in [2.05, 4.69) is 0 Å². The average molecular weight is 338 g/mol. The number of aryl methyl sites for hydroxylation is 1. The molecule has 0 heterocycles. The Morgan fingerprint density at radius 1 is 1.09 bits per heavy atom. The van der Waals surface area contributed by atoms with Crippen LogP contribution in [0.1, 0.15) is 28.4 Å². The topological polar surface area (TPSA) is 69.4 Å². The maximum Gasteiger partial charge on any atom is 0.308 e. The molecule has 0 atom stereocenters. The average Bonchev–Trinajstić information content (AvgIpc) is 2.41. The number of esters is 1. The summed E-state index contributed by atoms with van der Waals surface area (Å²) in [6.07, 6.45) is 0. The third-order valence-electron chi connectivity index (χ3n) is 2.96. The molecule has 0 aliphatic heterocycles. The lowest BCUT2D eigenvalue weighted by molar-refractivity contribution is -0.131. The number of benzene rings is 2. The van der Waals surface area contributed by atoms with Gasteiger partial charge in [0.2, 0.25) is 0 Å². The van der Waals surface area contributed by atoms with Crippen LogP contribution in [0.3, 0.4) is 0 Å². The number of hydrogen-bond donors (Lipinski definition) is 1. The molecule has 0 bridgehead atoms. The fraction of sp³-hybridized carbons (Fsp3) is 0.125. The van der Waals surface area contributed by atoms with Crippen LogP contribution < -0.4 is 10.5 Å². The molecule has 0 aliphatic carbocycles. The molecule has 2 N–H and O–H groups in total. The van der Waals surface area contributed by atoms with Crippen LogP contribution >= 0.6 is 23.2 Å². The zero-order chi connectivity index (χ0) is 16.4. The second-order valence-corrected chi connectivity index (χ2v) is 5.61. The van der Waals surface area contributed by atoms with Gasteiger partial charge in [-0.25, -0.2) is 0 Å². The van der Waals surface area contributed by atoms with Crippen LogP contribution in [0, 0.1) is 6.92 Å². The van der Waals surface area contributed by atoms with Crippen LogP contribution in [-0.4, -0.2) is 11.8 Å². The van der Waals surface area contributed by atoms with Gasteiger partial charge in [0.1, 0.15) is 0 Å². The monoisotopic (exact) mass is 337 g/mol. The predicted molar refractivity (Wildman–Crippen MR) is 86.8 cm³/mol. The van der Waals surface area contributed by atoms with Gasteiger partial charge < -0.3 is 10.5 Å². The first kappa shape index (κ1) is 16.3. The number of ether oxygens (including phenoxy) is 1. The summed E-state index contributed by atoms with van der Waals surface area (Å²) in [5.74, 6) is -0.725. The molecule has 2 rings (SSSR count). The summed E-state index contributed by atoms with van der Waals surface area (Å²) in [5.41, 5.74) is 7.28. The number of ketones is 1. The number of hydrogen-bond acceptors (Lipinski definition) is 4. The van der Waals surface area contributed by atoms with E-state index in [-0.39, 0.29) is 33.4 Å². The van der Waals surface area contributed by atoms with Crippen LogP contribution in [0.25, 0.3) is 0 Å². The third-order valence-corrected chi connectivity index (χ3v) is 3.51. The van der Waals surface area contributed by atoms with E-state index in [0.29, 0.717) is 5.02 Å². The first-order valence-electron chi connectivity index (χ1n) is 6.38. The Labute approximate surface area is 137 Å². The van der Waals surface area contributed by atoms with Gasteiger partial charge in [-0.3, -0.25) is 9.59 Å². The molecule has 0 aliphatic rings. The van der Waals surface area contributed by atoms with Gasteiger partial charge in [0.25, 0.3) is 0 Å². The molecule has 22 heavy (non-hydrogen) atoms. The predicted octanol–water partition coefficient (Wildman–Crippen LogP) is 4.04. The highest BCUT2D eigenvalue weighted by Crippen LogP contribution is 2.31. The largest absolute Gasteiger partial charge is 0.424 e. The second kappa shape index (κ2) is 6.38. The summed E-state index contributed by atoms with van der Waals surface area (Å²) < 4.78 is 5.03. The van der Waals surface area contributed by atoms with Crippen molar-refractivity contribution >= 4 is 40.6 Å². The maximum atomic E-state index is 12.6. The van der Waals surface area contributed by atoms with E-state index >= 15 is 0 Å². The Balaban J connectivity index is 2.54. The van der Waals surface area contributed by atoms with Crippen LogP contribution in [-0.2, 0) is 4.79 Å². The molecule has 114 valence electrons. The van der Waals surface area contributed by atoms with Gasteiger partial charge >= 0.3 is 5.97 Å². The van der Waals surface area contributed by atoms with Crippen molar-refractivity contribution in [3.63, 3.8) is 0 Å². The number of halogens is 2. The van der Waals surface area contributed by atoms with Crippen molar-refractivity contribution in [1.29, 1.82) is 0 Å². The first-order chi connectivity index (χ1) is 10.3. The quantitative estimate of drug-likeness (QED) is 0.397. The molecular weight excluding hydrogens is 325 g/mol. The summed E-state index contributed by atoms with van der Waals surface area (Å²) in [5, 5.41) is 0.659. The number of nitrogens with two attached hydrogens (primary N) is 1. The maximum absolute atomic E-state index is 12.6. The van der Waals surface area contributed by atoms with Crippen LogP contribution in [0.4, 0.5) is 5.69 Å². The fourth-order valence-corrected chi connectivity index (χ4v) is 2.50. The van der Waals surface area contributed by atoms with Crippen LogP contribution in [0.15, 0.2) is 30.3 Å². The lowest BCUT2D eigenvalue weighted by Gasteiger charge is -2.12. The molecule has 0 fully saturated rings. The summed E-state index contributed by atoms with van der Waals surface area (Å²) in [6.45, 7) is 3.03. The Bertz CT molecular complexity index is 772. The van der Waals surface area contributed by atoms with Crippen molar-refractivity contribution in [1.82, 2.24) is 0 Å². The van der Waals surface area contributed by atoms with Gasteiger partial charge in [-0.2, -0.15) is 0 Å². The van der Waals surface area contributed by atoms with Crippen molar-refractivity contribution < 1.29 is 14.3 Å². The molecule has 6 heteroatoms. The minimum atomic E-state index is -0.514. The van der Waals surface area contributed by atoms with Gasteiger partial charge in [-0.05, 0) is 42.8 Å². The summed E-state index contributed by atoms with van der Waals surface area (Å²) in [6, 6.07) is 7.79. The molecule has 0 saturated heterocycles. The van der Waals surface area contributed by atoms with Crippen molar-refractivity contribution in [3.05, 3.63) is 57.1 Å². The molecule has 2 aromatic rings. The molecule has 0 aromatic heterocycles. The van der Waals surface area contributed by atoms with Gasteiger partial charge in [-0.1, -0.05) is 23.2 Å². The lowest BCUT2D eigenvalue weighted by atomic mass is 9.99. The number of rotatable bonds is 3. The molecule has 0 spiro atoms. The summed E-state index contributed by atoms with van der Waals surface area (Å²) >= 11 is 11.9. The summed E-state index contributed by atoms with van der Waals surface area (Å²) in [7, 11) is 0. The van der Waals surface area contributed by atoms with Gasteiger partial charge in [0.15, 0.2) is 11.5 Å². The molecule has 4 nitrogen and oxygen atoms in total. The van der Waals surface area contributed by atoms with Crippen LogP contribution in [0.2, 0.25) is 10.0 Å². The van der Waals surface area contributed by atoms with Crippen molar-refractivity contribution in [2.45, 2.75) is 13.8 Å². The minimum Gasteiger partial charge on any atom is -0.424 e. The van der Waals surface area contributed by atoms with Crippen LogP contribution in [0.5, 0.6) is 5.75 Å². The van der Waals surface area contributed by atoms with E-state index in [1.54, 1.807) is 25.1 Å². The standard InChI is InChI=1S/C16H13Cl2NO3/c1-8-5-12(15(19)14(6-8)22-9(2)20)16(21)11-4-3-10(17)7-13(11)18/h3-7H,19H2,1-2H3. The number of carbonyl (C=O) groups excluding carboxylic acids is 2. The Morgan fingerprint density at radius 3 is 2.36 bits per heavy atom. The van der Waals surface area contributed by atoms with E-state index in [9.17, 15) is 9.59 Å². The lowest BCUT2D eigenvalue weighted by Crippen LogP contribution is -2.10. The number of carbonyl (C=O) groups is 2. The highest BCUT2D eigenvalue weighted by Gasteiger charge is 2.19. The highest BCUT2D eigenvalue weighted by atomic mass is 35.5. The highest BCUT2D eigenvalue weighted by molar-refractivity contribution is 6.37. The van der Waals surface area contributed by atoms with E-state index < -0.39 is 5.97 Å². The van der Waals surface area contributed by atoms with Gasteiger partial charge in [0, 0.05) is 23.1 Å². The second-order valence-electron chi connectivity index (χ2n) is 4.77. The van der Waals surface area contributed by atoms with Crippen molar-refractivity contribution in [3.8, 4) is 5.75 Å². The van der Waals surface area contributed by atoms with Crippen molar-refractivity contribution in [2.24, 2.45) is 0 Å².